The van der Waals surface area contributed by atoms with Gasteiger partial charge in [-0.15, -0.1) is 0 Å². The lowest BCUT2D eigenvalue weighted by Crippen LogP contribution is -2.09. The number of rotatable bonds is 3. The second-order valence-corrected chi connectivity index (χ2v) is 4.74. The fourth-order valence-corrected chi connectivity index (χ4v) is 2.37. The lowest BCUT2D eigenvalue weighted by atomic mass is 9.99. The maximum Gasteiger partial charge on any atom is 0.340 e. The maximum atomic E-state index is 13.2. The van der Waals surface area contributed by atoms with Gasteiger partial charge in [0.05, 0.1) is 17.7 Å². The molecule has 0 radical (unpaired) electrons. The molecule has 0 unspecified atom stereocenters. The third-order valence-corrected chi connectivity index (χ3v) is 3.35. The third kappa shape index (κ3) is 2.18. The lowest BCUT2D eigenvalue weighted by molar-refractivity contribution is 0.0525. The number of esters is 1. The molecule has 3 nitrogen and oxygen atoms in total. The quantitative estimate of drug-likeness (QED) is 0.793. The molecule has 3 rings (SSSR count). The highest BCUT2D eigenvalue weighted by atomic mass is 19.1. The van der Waals surface area contributed by atoms with Crippen LogP contribution in [0.15, 0.2) is 24.4 Å². The zero-order valence-corrected chi connectivity index (χ0v) is 10.6. The molecule has 1 aliphatic carbocycles. The first-order chi connectivity index (χ1) is 9.20. The molecule has 0 N–H and O–H groups in total. The molecule has 0 amide bonds. The average Bonchev–Trinajstić information content (AvgIpc) is 3.21. The van der Waals surface area contributed by atoms with Gasteiger partial charge < -0.3 is 4.74 Å². The SMILES string of the molecule is CCOC(=O)c1cnc2cc(F)ccc2c1C1CC1. The second-order valence-electron chi connectivity index (χ2n) is 4.74. The predicted molar refractivity (Wildman–Crippen MR) is 69.6 cm³/mol. The number of halogens is 1. The Bertz CT molecular complexity index is 650. The van der Waals surface area contributed by atoms with E-state index in [2.05, 4.69) is 4.98 Å². The standard InChI is InChI=1S/C15H14FNO2/c1-2-19-15(18)12-8-17-13-7-10(16)5-6-11(13)14(12)9-3-4-9/h5-9H,2-4H2,1H3. The van der Waals surface area contributed by atoms with Crippen LogP contribution in [0.1, 0.15) is 41.6 Å². The molecule has 1 aromatic heterocycles. The van der Waals surface area contributed by atoms with Crippen molar-refractivity contribution >= 4 is 16.9 Å². The molecule has 4 heteroatoms. The monoisotopic (exact) mass is 259 g/mol. The van der Waals surface area contributed by atoms with Gasteiger partial charge in [0.15, 0.2) is 0 Å². The van der Waals surface area contributed by atoms with Crippen molar-refractivity contribution in [1.82, 2.24) is 4.98 Å². The van der Waals surface area contributed by atoms with Gasteiger partial charge in [-0.1, -0.05) is 0 Å². The van der Waals surface area contributed by atoms with Crippen LogP contribution in [0.2, 0.25) is 0 Å². The number of carbonyl (C=O) groups excluding carboxylic acids is 1. The molecule has 19 heavy (non-hydrogen) atoms. The van der Waals surface area contributed by atoms with Gasteiger partial charge in [-0.25, -0.2) is 9.18 Å². The minimum absolute atomic E-state index is 0.314. The van der Waals surface area contributed by atoms with E-state index in [4.69, 9.17) is 4.74 Å². The van der Waals surface area contributed by atoms with Gasteiger partial charge in [-0.2, -0.15) is 0 Å². The number of ether oxygens (including phenoxy) is 1. The molecule has 0 saturated heterocycles. The summed E-state index contributed by atoms with van der Waals surface area (Å²) in [4.78, 5) is 16.1. The number of hydrogen-bond donors (Lipinski definition) is 0. The molecule has 0 aliphatic heterocycles. The van der Waals surface area contributed by atoms with Gasteiger partial charge in [-0.3, -0.25) is 4.98 Å². The number of pyridine rings is 1. The van der Waals surface area contributed by atoms with Gasteiger partial charge in [0.1, 0.15) is 5.82 Å². The normalized spacial score (nSPS) is 14.6. The highest BCUT2D eigenvalue weighted by molar-refractivity contribution is 5.97. The first-order valence-electron chi connectivity index (χ1n) is 6.46. The van der Waals surface area contributed by atoms with E-state index in [9.17, 15) is 9.18 Å². The summed E-state index contributed by atoms with van der Waals surface area (Å²) >= 11 is 0. The molecule has 1 aliphatic rings. The van der Waals surface area contributed by atoms with Crippen molar-refractivity contribution in [3.63, 3.8) is 0 Å². The average molecular weight is 259 g/mol. The minimum Gasteiger partial charge on any atom is -0.462 e. The highest BCUT2D eigenvalue weighted by Crippen LogP contribution is 2.44. The number of fused-ring (bicyclic) bond motifs is 1. The Labute approximate surface area is 110 Å². The van der Waals surface area contributed by atoms with E-state index in [1.54, 1.807) is 13.0 Å². The largest absolute Gasteiger partial charge is 0.462 e. The van der Waals surface area contributed by atoms with E-state index in [1.807, 2.05) is 0 Å². The molecule has 1 saturated carbocycles. The Morgan fingerprint density at radius 3 is 2.95 bits per heavy atom. The van der Waals surface area contributed by atoms with E-state index in [-0.39, 0.29) is 11.8 Å². The molecular weight excluding hydrogens is 245 g/mol. The van der Waals surface area contributed by atoms with Crippen LogP contribution >= 0.6 is 0 Å². The molecule has 1 heterocycles. The Morgan fingerprint density at radius 1 is 1.47 bits per heavy atom. The topological polar surface area (TPSA) is 39.2 Å². The van der Waals surface area contributed by atoms with E-state index in [0.717, 1.165) is 23.8 Å². The smallest absolute Gasteiger partial charge is 0.340 e. The second kappa shape index (κ2) is 4.61. The molecule has 1 aromatic carbocycles. The van der Waals surface area contributed by atoms with Crippen LogP contribution in [0.4, 0.5) is 4.39 Å². The van der Waals surface area contributed by atoms with Crippen LogP contribution in [0.25, 0.3) is 10.9 Å². The van der Waals surface area contributed by atoms with Gasteiger partial charge in [0.25, 0.3) is 0 Å². The predicted octanol–water partition coefficient (Wildman–Crippen LogP) is 3.43. The summed E-state index contributed by atoms with van der Waals surface area (Å²) in [6, 6.07) is 4.51. The van der Waals surface area contributed by atoms with Crippen LogP contribution in [0.3, 0.4) is 0 Å². The Hall–Kier alpha value is -1.97. The summed E-state index contributed by atoms with van der Waals surface area (Å²) in [5.41, 5.74) is 2.07. The molecule has 1 fully saturated rings. The molecule has 2 aromatic rings. The molecule has 0 bridgehead atoms. The lowest BCUT2D eigenvalue weighted by Gasteiger charge is -2.11. The van der Waals surface area contributed by atoms with Crippen LogP contribution in [-0.4, -0.2) is 17.6 Å². The number of benzene rings is 1. The Kier molecular flexibility index (Phi) is 2.93. The van der Waals surface area contributed by atoms with Gasteiger partial charge >= 0.3 is 5.97 Å². The van der Waals surface area contributed by atoms with E-state index in [0.29, 0.717) is 23.6 Å². The van der Waals surface area contributed by atoms with Gasteiger partial charge in [0.2, 0.25) is 0 Å². The molecule has 0 spiro atoms. The first kappa shape index (κ1) is 12.1. The number of nitrogens with zero attached hydrogens (tertiary/aromatic N) is 1. The third-order valence-electron chi connectivity index (χ3n) is 3.35. The summed E-state index contributed by atoms with van der Waals surface area (Å²) < 4.78 is 18.3. The summed E-state index contributed by atoms with van der Waals surface area (Å²) in [7, 11) is 0. The Morgan fingerprint density at radius 2 is 2.26 bits per heavy atom. The van der Waals surface area contributed by atoms with Crippen molar-refractivity contribution in [3.8, 4) is 0 Å². The van der Waals surface area contributed by atoms with Gasteiger partial charge in [-0.05, 0) is 43.4 Å². The van der Waals surface area contributed by atoms with Crippen molar-refractivity contribution in [2.75, 3.05) is 6.61 Å². The zero-order valence-electron chi connectivity index (χ0n) is 10.6. The van der Waals surface area contributed by atoms with E-state index < -0.39 is 0 Å². The molecular formula is C15H14FNO2. The van der Waals surface area contributed by atoms with E-state index >= 15 is 0 Å². The van der Waals surface area contributed by atoms with Crippen molar-refractivity contribution in [1.29, 1.82) is 0 Å². The molecule has 98 valence electrons. The zero-order chi connectivity index (χ0) is 13.4. The van der Waals surface area contributed by atoms with Crippen LogP contribution in [0.5, 0.6) is 0 Å². The molecule has 0 atom stereocenters. The van der Waals surface area contributed by atoms with Gasteiger partial charge in [0, 0.05) is 17.6 Å². The van der Waals surface area contributed by atoms with Crippen LogP contribution in [-0.2, 0) is 4.74 Å². The number of carbonyl (C=O) groups is 1. The van der Waals surface area contributed by atoms with Crippen LogP contribution < -0.4 is 0 Å². The first-order valence-corrected chi connectivity index (χ1v) is 6.46. The fourth-order valence-electron chi connectivity index (χ4n) is 2.37. The number of aromatic nitrogens is 1. The van der Waals surface area contributed by atoms with Crippen molar-refractivity contribution in [2.45, 2.75) is 25.7 Å². The fraction of sp³-hybridized carbons (Fsp3) is 0.333. The van der Waals surface area contributed by atoms with E-state index in [1.165, 1.54) is 18.3 Å². The summed E-state index contributed by atoms with van der Waals surface area (Å²) in [5.74, 6) is -0.288. The minimum atomic E-state index is -0.344. The Balaban J connectivity index is 2.20. The van der Waals surface area contributed by atoms with Crippen LogP contribution in [0, 0.1) is 5.82 Å². The summed E-state index contributed by atoms with van der Waals surface area (Å²) in [6.07, 6.45) is 3.62. The van der Waals surface area contributed by atoms with Crippen molar-refractivity contribution < 1.29 is 13.9 Å². The summed E-state index contributed by atoms with van der Waals surface area (Å²) in [5, 5.41) is 0.856. The summed E-state index contributed by atoms with van der Waals surface area (Å²) in [6.45, 7) is 2.11. The van der Waals surface area contributed by atoms with Crippen molar-refractivity contribution in [2.24, 2.45) is 0 Å². The van der Waals surface area contributed by atoms with Crippen molar-refractivity contribution in [3.05, 3.63) is 41.3 Å². The highest BCUT2D eigenvalue weighted by Gasteiger charge is 2.30. The maximum absolute atomic E-state index is 13.2. The number of hydrogen-bond acceptors (Lipinski definition) is 3.